The van der Waals surface area contributed by atoms with Crippen molar-refractivity contribution in [1.29, 1.82) is 5.41 Å². The Labute approximate surface area is 156 Å². The highest BCUT2D eigenvalue weighted by Gasteiger charge is 2.13. The van der Waals surface area contributed by atoms with Crippen LogP contribution in [0.15, 0.2) is 96.4 Å². The van der Waals surface area contributed by atoms with Crippen molar-refractivity contribution in [2.45, 2.75) is 0 Å². The molecule has 0 saturated carbocycles. The molecule has 3 heteroatoms. The van der Waals surface area contributed by atoms with Crippen LogP contribution >= 0.6 is 11.3 Å². The molecule has 0 saturated heterocycles. The Balaban J connectivity index is 0.000000613. The molecule has 1 aromatic heterocycles. The van der Waals surface area contributed by atoms with Gasteiger partial charge in [0.2, 0.25) is 6.08 Å². The lowest BCUT2D eigenvalue weighted by atomic mass is 9.95. The molecule has 4 rings (SSSR count). The van der Waals surface area contributed by atoms with E-state index in [2.05, 4.69) is 96.4 Å². The Morgan fingerprint density at radius 2 is 1.08 bits per heavy atom. The number of nitrogens with one attached hydrogen (secondary N) is 1. The van der Waals surface area contributed by atoms with Crippen LogP contribution in [0.3, 0.4) is 0 Å². The molecule has 0 aliphatic rings. The lowest BCUT2D eigenvalue weighted by Gasteiger charge is -2.11. The first-order chi connectivity index (χ1) is 12.8. The van der Waals surface area contributed by atoms with Gasteiger partial charge in [-0.15, -0.1) is 11.3 Å². The maximum atomic E-state index is 8.35. The highest BCUT2D eigenvalue weighted by atomic mass is 32.1. The van der Waals surface area contributed by atoms with E-state index in [0.29, 0.717) is 0 Å². The van der Waals surface area contributed by atoms with Crippen molar-refractivity contribution >= 4 is 17.4 Å². The van der Waals surface area contributed by atoms with Gasteiger partial charge in [0, 0.05) is 16.0 Å². The molecule has 0 aliphatic carbocycles. The van der Waals surface area contributed by atoms with Crippen molar-refractivity contribution in [3.8, 4) is 32.7 Å². The molecule has 1 heterocycles. The second kappa shape index (κ2) is 8.72. The zero-order valence-corrected chi connectivity index (χ0v) is 14.9. The van der Waals surface area contributed by atoms with E-state index in [9.17, 15) is 0 Å². The van der Waals surface area contributed by atoms with Crippen LogP contribution in [0.25, 0.3) is 32.7 Å². The largest absolute Gasteiger partial charge is 0.231 e. The summed E-state index contributed by atoms with van der Waals surface area (Å²) >= 11 is 1.81. The third kappa shape index (κ3) is 3.86. The Kier molecular flexibility index (Phi) is 5.89. The van der Waals surface area contributed by atoms with Gasteiger partial charge in [0.15, 0.2) is 0 Å². The summed E-state index contributed by atoms with van der Waals surface area (Å²) in [5.74, 6) is 0. The van der Waals surface area contributed by atoms with Crippen LogP contribution < -0.4 is 0 Å². The first-order valence-electron chi connectivity index (χ1n) is 8.16. The van der Waals surface area contributed by atoms with Crippen LogP contribution in [-0.2, 0) is 4.79 Å². The second-order valence-electron chi connectivity index (χ2n) is 5.54. The van der Waals surface area contributed by atoms with Gasteiger partial charge in [-0.25, -0.2) is 10.2 Å². The third-order valence-electron chi connectivity index (χ3n) is 4.01. The zero-order chi connectivity index (χ0) is 18.2. The molecule has 3 aromatic carbocycles. The van der Waals surface area contributed by atoms with Crippen LogP contribution in [0.1, 0.15) is 0 Å². The van der Waals surface area contributed by atoms with E-state index in [1.807, 2.05) is 0 Å². The van der Waals surface area contributed by atoms with Crippen LogP contribution in [-0.4, -0.2) is 6.08 Å². The van der Waals surface area contributed by atoms with Gasteiger partial charge in [-0.2, -0.15) is 0 Å². The highest BCUT2D eigenvalue weighted by molar-refractivity contribution is 7.14. The summed E-state index contributed by atoms with van der Waals surface area (Å²) < 4.78 is 0. The minimum atomic E-state index is 0.750. The van der Waals surface area contributed by atoms with Gasteiger partial charge in [0.25, 0.3) is 0 Å². The summed E-state index contributed by atoms with van der Waals surface area (Å²) in [5, 5.41) is 7.58. The maximum absolute atomic E-state index is 8.35. The number of carbonyl (C=O) groups excluding carboxylic acids is 1. The Hall–Kier alpha value is -3.26. The van der Waals surface area contributed by atoms with Crippen molar-refractivity contribution in [2.75, 3.05) is 0 Å². The van der Waals surface area contributed by atoms with E-state index in [1.54, 1.807) is 11.3 Å². The molecule has 0 aliphatic heterocycles. The fourth-order valence-electron chi connectivity index (χ4n) is 2.91. The van der Waals surface area contributed by atoms with Crippen molar-refractivity contribution < 1.29 is 4.79 Å². The molecule has 4 aromatic rings. The molecule has 0 spiro atoms. The van der Waals surface area contributed by atoms with Crippen molar-refractivity contribution in [3.63, 3.8) is 0 Å². The molecule has 1 N–H and O–H groups in total. The van der Waals surface area contributed by atoms with Gasteiger partial charge in [-0.3, -0.25) is 0 Å². The Morgan fingerprint density at radius 1 is 0.615 bits per heavy atom. The second-order valence-corrected chi connectivity index (χ2v) is 6.46. The molecule has 0 unspecified atom stereocenters. The molecule has 0 amide bonds. The van der Waals surface area contributed by atoms with Crippen LogP contribution in [0, 0.1) is 5.41 Å². The molecule has 26 heavy (non-hydrogen) atoms. The monoisotopic (exact) mass is 355 g/mol. The summed E-state index contributed by atoms with van der Waals surface area (Å²) in [7, 11) is 0. The number of rotatable bonds is 3. The molecular formula is C23H17NOS. The van der Waals surface area contributed by atoms with E-state index >= 15 is 0 Å². The van der Waals surface area contributed by atoms with Crippen molar-refractivity contribution in [3.05, 3.63) is 96.4 Å². The minimum absolute atomic E-state index is 0.750. The number of hydrogen-bond donors (Lipinski definition) is 1. The maximum Gasteiger partial charge on any atom is 0.231 e. The molecule has 0 radical (unpaired) electrons. The fourth-order valence-corrected chi connectivity index (χ4v) is 3.87. The first-order valence-corrected chi connectivity index (χ1v) is 9.04. The SMILES string of the molecule is N=C=O.c1ccc(-c2ccccc2-c2sccc2-c2ccccc2)cc1. The van der Waals surface area contributed by atoms with Crippen molar-refractivity contribution in [1.82, 2.24) is 0 Å². The molecule has 126 valence electrons. The number of isocyanates is 1. The number of thiophene rings is 1. The summed E-state index contributed by atoms with van der Waals surface area (Å²) in [6.45, 7) is 0. The van der Waals surface area contributed by atoms with E-state index in [1.165, 1.54) is 32.7 Å². The summed E-state index contributed by atoms with van der Waals surface area (Å²) in [4.78, 5) is 9.68. The van der Waals surface area contributed by atoms with Gasteiger partial charge in [-0.05, 0) is 28.1 Å². The zero-order valence-electron chi connectivity index (χ0n) is 14.1. The summed E-state index contributed by atoms with van der Waals surface area (Å²) in [6.07, 6.45) is 0.750. The van der Waals surface area contributed by atoms with Gasteiger partial charge in [0.05, 0.1) is 0 Å². The van der Waals surface area contributed by atoms with Crippen LogP contribution in [0.5, 0.6) is 0 Å². The van der Waals surface area contributed by atoms with Gasteiger partial charge >= 0.3 is 0 Å². The van der Waals surface area contributed by atoms with Gasteiger partial charge < -0.3 is 0 Å². The predicted octanol–water partition coefficient (Wildman–Crippen LogP) is 6.65. The van der Waals surface area contributed by atoms with E-state index in [4.69, 9.17) is 10.2 Å². The fraction of sp³-hybridized carbons (Fsp3) is 0. The molecule has 0 bridgehead atoms. The lowest BCUT2D eigenvalue weighted by molar-refractivity contribution is 0.563. The topological polar surface area (TPSA) is 40.9 Å². The van der Waals surface area contributed by atoms with E-state index in [0.717, 1.165) is 6.08 Å². The molecular weight excluding hydrogens is 338 g/mol. The quantitative estimate of drug-likeness (QED) is 0.324. The van der Waals surface area contributed by atoms with E-state index < -0.39 is 0 Å². The van der Waals surface area contributed by atoms with Gasteiger partial charge in [0.1, 0.15) is 0 Å². The Bertz CT molecular complexity index is 1000. The minimum Gasteiger partial charge on any atom is -0.222 e. The van der Waals surface area contributed by atoms with Crippen LogP contribution in [0.2, 0.25) is 0 Å². The predicted molar refractivity (Wildman–Crippen MR) is 109 cm³/mol. The lowest BCUT2D eigenvalue weighted by Crippen LogP contribution is -1.84. The highest BCUT2D eigenvalue weighted by Crippen LogP contribution is 2.41. The average Bonchev–Trinajstić information content (AvgIpc) is 3.20. The Morgan fingerprint density at radius 3 is 1.65 bits per heavy atom. The van der Waals surface area contributed by atoms with Crippen LogP contribution in [0.4, 0.5) is 0 Å². The number of benzene rings is 3. The summed E-state index contributed by atoms with van der Waals surface area (Å²) in [6, 6.07) is 32.1. The van der Waals surface area contributed by atoms with Crippen molar-refractivity contribution in [2.24, 2.45) is 0 Å². The normalized spacial score (nSPS) is 9.69. The molecule has 0 atom stereocenters. The smallest absolute Gasteiger partial charge is 0.222 e. The summed E-state index contributed by atoms with van der Waals surface area (Å²) in [5.41, 5.74) is 6.42. The first kappa shape index (κ1) is 17.6. The standard InChI is InChI=1S/C22H16S.CHNO/c1-3-9-17(10-4-1)19-13-7-8-14-21(19)22-20(15-16-23-22)18-11-5-2-6-12-18;2-1-3/h1-16H;2H. The van der Waals surface area contributed by atoms with E-state index in [-0.39, 0.29) is 0 Å². The number of hydrogen-bond acceptors (Lipinski definition) is 3. The average molecular weight is 355 g/mol. The van der Waals surface area contributed by atoms with Gasteiger partial charge in [-0.1, -0.05) is 84.9 Å². The molecule has 2 nitrogen and oxygen atoms in total. The third-order valence-corrected chi connectivity index (χ3v) is 4.95. The molecule has 0 fully saturated rings.